The maximum atomic E-state index is 13.4. The molecule has 3 nitrogen and oxygen atoms in total. The molecule has 0 bridgehead atoms. The number of rotatable bonds is 3. The van der Waals surface area contributed by atoms with E-state index in [2.05, 4.69) is 0 Å². The second kappa shape index (κ2) is 4.85. The van der Waals surface area contributed by atoms with Crippen LogP contribution in [0.2, 0.25) is 5.02 Å². The van der Waals surface area contributed by atoms with Gasteiger partial charge in [-0.3, -0.25) is 0 Å². The first-order valence-corrected chi connectivity index (χ1v) is 4.49. The monoisotopic (exact) mass is 229 g/mol. The zero-order chi connectivity index (χ0) is 11.4. The summed E-state index contributed by atoms with van der Waals surface area (Å²) in [5.74, 6) is -0.403. The molecule has 0 atom stereocenters. The third-order valence-electron chi connectivity index (χ3n) is 1.89. The minimum absolute atomic E-state index is 0.0316. The van der Waals surface area contributed by atoms with E-state index < -0.39 is 5.82 Å². The van der Waals surface area contributed by atoms with Crippen LogP contribution in [0.5, 0.6) is 11.5 Å². The minimum Gasteiger partial charge on any atom is -0.495 e. The Bertz CT molecular complexity index is 415. The molecule has 1 rings (SSSR count). The van der Waals surface area contributed by atoms with Crippen LogP contribution < -0.4 is 9.47 Å². The predicted octanol–water partition coefficient (Wildman–Crippen LogP) is 2.56. The Morgan fingerprint density at radius 1 is 1.40 bits per heavy atom. The summed E-state index contributed by atoms with van der Waals surface area (Å²) in [6.45, 7) is 0. The first-order valence-electron chi connectivity index (χ1n) is 4.11. The predicted molar refractivity (Wildman–Crippen MR) is 53.8 cm³/mol. The maximum Gasteiger partial charge on any atom is 0.176 e. The molecule has 5 heteroatoms. The first-order chi connectivity index (χ1) is 7.15. The number of nitrogens with zero attached hydrogens (tertiary/aromatic N) is 1. The average molecular weight is 230 g/mol. The zero-order valence-corrected chi connectivity index (χ0v) is 9.06. The number of hydrogen-bond acceptors (Lipinski definition) is 3. The number of methoxy groups -OCH3 is 2. The third kappa shape index (κ3) is 2.13. The first kappa shape index (κ1) is 11.6. The molecule has 15 heavy (non-hydrogen) atoms. The van der Waals surface area contributed by atoms with Gasteiger partial charge in [-0.25, -0.2) is 4.39 Å². The quantitative estimate of drug-likeness (QED) is 0.800. The molecule has 0 aromatic heterocycles. The second-order valence-electron chi connectivity index (χ2n) is 2.73. The molecule has 0 fully saturated rings. The van der Waals surface area contributed by atoms with E-state index in [1.165, 1.54) is 20.3 Å². The van der Waals surface area contributed by atoms with Crippen LogP contribution in [-0.4, -0.2) is 14.2 Å². The molecule has 0 radical (unpaired) electrons. The van der Waals surface area contributed by atoms with Gasteiger partial charge < -0.3 is 9.47 Å². The van der Waals surface area contributed by atoms with Crippen molar-refractivity contribution in [2.75, 3.05) is 14.2 Å². The lowest BCUT2D eigenvalue weighted by atomic mass is 10.1. The molecule has 0 aliphatic rings. The van der Waals surface area contributed by atoms with E-state index in [4.69, 9.17) is 26.3 Å². The van der Waals surface area contributed by atoms with Crippen molar-refractivity contribution in [3.8, 4) is 17.6 Å². The summed E-state index contributed by atoms with van der Waals surface area (Å²) in [4.78, 5) is 0. The molecule has 80 valence electrons. The molecule has 0 saturated heterocycles. The van der Waals surface area contributed by atoms with Gasteiger partial charge in [-0.1, -0.05) is 11.6 Å². The van der Waals surface area contributed by atoms with Gasteiger partial charge in [0.15, 0.2) is 11.6 Å². The van der Waals surface area contributed by atoms with Crippen LogP contribution in [0.25, 0.3) is 0 Å². The van der Waals surface area contributed by atoms with Gasteiger partial charge in [-0.2, -0.15) is 5.26 Å². The lowest BCUT2D eigenvalue weighted by Gasteiger charge is -2.12. The molecular formula is C10H9ClFNO2. The number of hydrogen-bond donors (Lipinski definition) is 0. The fraction of sp³-hybridized carbons (Fsp3) is 0.300. The second-order valence-corrected chi connectivity index (χ2v) is 3.11. The van der Waals surface area contributed by atoms with E-state index in [0.717, 1.165) is 0 Å². The summed E-state index contributed by atoms with van der Waals surface area (Å²) in [6.07, 6.45) is 0.0316. The normalized spacial score (nSPS) is 9.53. The lowest BCUT2D eigenvalue weighted by Crippen LogP contribution is -1.98. The molecule has 1 aromatic rings. The van der Waals surface area contributed by atoms with Crippen LogP contribution in [0.1, 0.15) is 5.56 Å². The molecule has 0 heterocycles. The molecule has 0 N–H and O–H groups in total. The fourth-order valence-electron chi connectivity index (χ4n) is 1.26. The highest BCUT2D eigenvalue weighted by Gasteiger charge is 2.17. The highest BCUT2D eigenvalue weighted by molar-refractivity contribution is 6.33. The number of halogens is 2. The smallest absolute Gasteiger partial charge is 0.176 e. The summed E-state index contributed by atoms with van der Waals surface area (Å²) >= 11 is 5.86. The summed E-state index contributed by atoms with van der Waals surface area (Å²) in [5, 5.41) is 8.59. The van der Waals surface area contributed by atoms with Crippen LogP contribution in [0.4, 0.5) is 4.39 Å². The third-order valence-corrected chi connectivity index (χ3v) is 2.23. The molecule has 1 aromatic carbocycles. The van der Waals surface area contributed by atoms with Crippen LogP contribution in [0.15, 0.2) is 6.07 Å². The largest absolute Gasteiger partial charge is 0.495 e. The Morgan fingerprint density at radius 3 is 2.47 bits per heavy atom. The standard InChI is InChI=1S/C10H9ClFNO2/c1-14-9-6(3-4-13)5-7(12)10(15-2)8(9)11/h5H,3H2,1-2H3. The van der Waals surface area contributed by atoms with Crippen LogP contribution >= 0.6 is 11.6 Å². The zero-order valence-electron chi connectivity index (χ0n) is 8.30. The van der Waals surface area contributed by atoms with E-state index in [-0.39, 0.29) is 22.9 Å². The number of benzene rings is 1. The molecule has 0 spiro atoms. The molecular weight excluding hydrogens is 221 g/mol. The van der Waals surface area contributed by atoms with Gasteiger partial charge in [-0.05, 0) is 6.07 Å². The number of ether oxygens (including phenoxy) is 2. The van der Waals surface area contributed by atoms with Crippen molar-refractivity contribution < 1.29 is 13.9 Å². The van der Waals surface area contributed by atoms with Gasteiger partial charge in [0.1, 0.15) is 10.8 Å². The highest BCUT2D eigenvalue weighted by Crippen LogP contribution is 2.39. The highest BCUT2D eigenvalue weighted by atomic mass is 35.5. The van der Waals surface area contributed by atoms with Crippen molar-refractivity contribution in [3.63, 3.8) is 0 Å². The summed E-state index contributed by atoms with van der Waals surface area (Å²) in [5.41, 5.74) is 0.406. The molecule has 0 saturated carbocycles. The Balaban J connectivity index is 3.38. The van der Waals surface area contributed by atoms with Gasteiger partial charge in [0.2, 0.25) is 0 Å². The van der Waals surface area contributed by atoms with Gasteiger partial charge >= 0.3 is 0 Å². The maximum absolute atomic E-state index is 13.4. The lowest BCUT2D eigenvalue weighted by molar-refractivity contribution is 0.372. The average Bonchev–Trinajstić information content (AvgIpc) is 2.19. The van der Waals surface area contributed by atoms with E-state index in [1.54, 1.807) is 0 Å². The summed E-state index contributed by atoms with van der Waals surface area (Å²) < 4.78 is 23.2. The van der Waals surface area contributed by atoms with Gasteiger partial charge in [-0.15, -0.1) is 0 Å². The Labute approximate surface area is 92.0 Å². The van der Waals surface area contributed by atoms with Gasteiger partial charge in [0, 0.05) is 5.56 Å². The van der Waals surface area contributed by atoms with Crippen molar-refractivity contribution >= 4 is 11.6 Å². The summed E-state index contributed by atoms with van der Waals surface area (Å²) in [7, 11) is 2.72. The van der Waals surface area contributed by atoms with Crippen molar-refractivity contribution in [2.45, 2.75) is 6.42 Å². The van der Waals surface area contributed by atoms with E-state index in [0.29, 0.717) is 5.56 Å². The Morgan fingerprint density at radius 2 is 2.00 bits per heavy atom. The van der Waals surface area contributed by atoms with Crippen molar-refractivity contribution in [1.82, 2.24) is 0 Å². The Hall–Kier alpha value is -1.47. The van der Waals surface area contributed by atoms with E-state index in [9.17, 15) is 4.39 Å². The Kier molecular flexibility index (Phi) is 3.75. The van der Waals surface area contributed by atoms with Crippen molar-refractivity contribution in [3.05, 3.63) is 22.5 Å². The van der Waals surface area contributed by atoms with Crippen LogP contribution in [-0.2, 0) is 6.42 Å². The molecule has 0 amide bonds. The van der Waals surface area contributed by atoms with Gasteiger partial charge in [0.25, 0.3) is 0 Å². The van der Waals surface area contributed by atoms with Crippen molar-refractivity contribution in [1.29, 1.82) is 5.26 Å². The fourth-order valence-corrected chi connectivity index (χ4v) is 1.62. The molecule has 0 unspecified atom stereocenters. The number of nitriles is 1. The molecule has 0 aliphatic carbocycles. The van der Waals surface area contributed by atoms with Crippen molar-refractivity contribution in [2.24, 2.45) is 0 Å². The van der Waals surface area contributed by atoms with Gasteiger partial charge in [0.05, 0.1) is 26.7 Å². The molecule has 0 aliphatic heterocycles. The van der Waals surface area contributed by atoms with Crippen LogP contribution in [0.3, 0.4) is 0 Å². The minimum atomic E-state index is -0.603. The van der Waals surface area contributed by atoms with E-state index in [1.807, 2.05) is 6.07 Å². The van der Waals surface area contributed by atoms with Crippen LogP contribution in [0, 0.1) is 17.1 Å². The van der Waals surface area contributed by atoms with E-state index >= 15 is 0 Å². The SMILES string of the molecule is COc1c(F)cc(CC#N)c(OC)c1Cl. The topological polar surface area (TPSA) is 42.2 Å². The summed E-state index contributed by atoms with van der Waals surface area (Å²) in [6, 6.07) is 3.09.